The van der Waals surface area contributed by atoms with Gasteiger partial charge in [0.25, 0.3) is 5.91 Å². The number of rotatable bonds is 3. The van der Waals surface area contributed by atoms with Crippen LogP contribution < -0.4 is 11.0 Å². The Bertz CT molecular complexity index is 998. The van der Waals surface area contributed by atoms with E-state index < -0.39 is 18.1 Å². The van der Waals surface area contributed by atoms with Crippen molar-refractivity contribution in [2.24, 2.45) is 0 Å². The van der Waals surface area contributed by atoms with Crippen molar-refractivity contribution in [3.05, 3.63) is 51.2 Å². The quantitative estimate of drug-likeness (QED) is 0.687. The number of benzene rings is 1. The molecule has 0 aliphatic carbocycles. The highest BCUT2D eigenvalue weighted by Gasteiger charge is 2.21. The van der Waals surface area contributed by atoms with Crippen LogP contribution in [0, 0.1) is 20.8 Å². The number of anilines is 1. The Kier molecular flexibility index (Phi) is 3.75. The molecule has 2 heterocycles. The lowest BCUT2D eigenvalue weighted by atomic mass is 10.1. The lowest BCUT2D eigenvalue weighted by Gasteiger charge is -2.14. The molecule has 0 aliphatic rings. The van der Waals surface area contributed by atoms with Crippen molar-refractivity contribution in [1.29, 1.82) is 0 Å². The fourth-order valence-electron chi connectivity index (χ4n) is 2.74. The van der Waals surface area contributed by atoms with Gasteiger partial charge in [0, 0.05) is 5.69 Å². The number of fused-ring (bicyclic) bond motifs is 1. The number of nitrogens with zero attached hydrogens (tertiary/aromatic N) is 1. The smallest absolute Gasteiger partial charge is 0.319 e. The largest absolute Gasteiger partial charge is 0.323 e. The van der Waals surface area contributed by atoms with Crippen LogP contribution in [0.15, 0.2) is 23.0 Å². The van der Waals surface area contributed by atoms with Crippen LogP contribution in [0.3, 0.4) is 0 Å². The first kappa shape index (κ1) is 16.0. The van der Waals surface area contributed by atoms with Gasteiger partial charge in [0.15, 0.2) is 0 Å². The normalized spacial score (nSPS) is 11.4. The van der Waals surface area contributed by atoms with Gasteiger partial charge in [-0.15, -0.1) is 0 Å². The van der Waals surface area contributed by atoms with Crippen molar-refractivity contribution in [2.75, 3.05) is 5.32 Å². The molecule has 2 aromatic heterocycles. The van der Waals surface area contributed by atoms with E-state index in [0.29, 0.717) is 21.3 Å². The van der Waals surface area contributed by atoms with Crippen LogP contribution in [0.4, 0.5) is 14.5 Å². The van der Waals surface area contributed by atoms with Crippen molar-refractivity contribution < 1.29 is 13.6 Å². The molecule has 24 heavy (non-hydrogen) atoms. The predicted octanol–water partition coefficient (Wildman–Crippen LogP) is 3.23. The fourth-order valence-corrected chi connectivity index (χ4v) is 2.74. The molecule has 126 valence electrons. The summed E-state index contributed by atoms with van der Waals surface area (Å²) < 4.78 is 27.0. The first-order valence-electron chi connectivity index (χ1n) is 7.29. The van der Waals surface area contributed by atoms with E-state index in [0.717, 1.165) is 11.1 Å². The van der Waals surface area contributed by atoms with Crippen LogP contribution in [-0.2, 0) is 0 Å². The summed E-state index contributed by atoms with van der Waals surface area (Å²) in [6, 6.07) is 4.58. The van der Waals surface area contributed by atoms with Crippen LogP contribution in [0.5, 0.6) is 0 Å². The van der Waals surface area contributed by atoms with E-state index in [9.17, 15) is 18.4 Å². The number of halogens is 2. The molecular weight excluding hydrogens is 318 g/mol. The van der Waals surface area contributed by atoms with Gasteiger partial charge >= 0.3 is 12.2 Å². The minimum Gasteiger partial charge on any atom is -0.319 e. The standard InChI is InChI=1S/C16H16F2N4O2/c1-7-6-10-13(21-16(24)19-10)12(9(7)3)20-14(23)11-5-4-8(2)22(11)15(17)18/h4-6,15H,1-3H3,(H,20,23)(H2,19,21,24). The number of aromatic nitrogens is 3. The van der Waals surface area contributed by atoms with Gasteiger partial charge in [-0.1, -0.05) is 0 Å². The van der Waals surface area contributed by atoms with Crippen LogP contribution in [-0.4, -0.2) is 20.4 Å². The summed E-state index contributed by atoms with van der Waals surface area (Å²) in [4.78, 5) is 29.3. The second-order valence-electron chi connectivity index (χ2n) is 5.66. The zero-order chi connectivity index (χ0) is 17.6. The maximum atomic E-state index is 13.2. The SMILES string of the molecule is Cc1cc2[nH]c(=O)[nH]c2c(NC(=O)c2ccc(C)n2C(F)F)c1C. The van der Waals surface area contributed by atoms with Crippen molar-refractivity contribution >= 4 is 22.6 Å². The van der Waals surface area contributed by atoms with Gasteiger partial charge in [0.2, 0.25) is 0 Å². The molecule has 3 rings (SSSR count). The third-order valence-electron chi connectivity index (χ3n) is 4.12. The van der Waals surface area contributed by atoms with Crippen molar-refractivity contribution in [2.45, 2.75) is 27.3 Å². The summed E-state index contributed by atoms with van der Waals surface area (Å²) in [6.45, 7) is 2.31. The van der Waals surface area contributed by atoms with Gasteiger partial charge in [-0.3, -0.25) is 9.36 Å². The predicted molar refractivity (Wildman–Crippen MR) is 86.8 cm³/mol. The summed E-state index contributed by atoms with van der Waals surface area (Å²) >= 11 is 0. The Hall–Kier alpha value is -2.90. The maximum absolute atomic E-state index is 13.2. The molecule has 0 saturated carbocycles. The molecule has 0 bridgehead atoms. The molecule has 0 unspecified atom stereocenters. The first-order valence-corrected chi connectivity index (χ1v) is 7.29. The Morgan fingerprint density at radius 3 is 2.58 bits per heavy atom. The molecule has 3 N–H and O–H groups in total. The zero-order valence-electron chi connectivity index (χ0n) is 13.3. The lowest BCUT2D eigenvalue weighted by molar-refractivity contribution is 0.0632. The van der Waals surface area contributed by atoms with E-state index in [1.54, 1.807) is 13.0 Å². The maximum Gasteiger partial charge on any atom is 0.323 e. The van der Waals surface area contributed by atoms with Gasteiger partial charge in [0.05, 0.1) is 16.7 Å². The van der Waals surface area contributed by atoms with E-state index in [1.807, 2.05) is 6.92 Å². The molecule has 8 heteroatoms. The molecule has 0 spiro atoms. The average Bonchev–Trinajstić information content (AvgIpc) is 3.06. The summed E-state index contributed by atoms with van der Waals surface area (Å²) in [5.41, 5.74) is 2.71. The summed E-state index contributed by atoms with van der Waals surface area (Å²) in [6.07, 6.45) is 0. The number of aryl methyl sites for hydroxylation is 2. The first-order chi connectivity index (χ1) is 11.3. The number of aromatic amines is 2. The second kappa shape index (κ2) is 5.63. The molecular formula is C16H16F2N4O2. The average molecular weight is 334 g/mol. The number of H-pyrrole nitrogens is 2. The van der Waals surface area contributed by atoms with Gasteiger partial charge in [-0.2, -0.15) is 8.78 Å². The molecule has 3 aromatic rings. The van der Waals surface area contributed by atoms with E-state index >= 15 is 0 Å². The van der Waals surface area contributed by atoms with Crippen molar-refractivity contribution in [3.63, 3.8) is 0 Å². The molecule has 0 radical (unpaired) electrons. The molecule has 1 amide bonds. The van der Waals surface area contributed by atoms with Gasteiger partial charge < -0.3 is 15.3 Å². The number of carbonyl (C=O) groups is 1. The number of alkyl halides is 2. The van der Waals surface area contributed by atoms with E-state index in [-0.39, 0.29) is 11.4 Å². The Labute approximate surface area is 135 Å². The molecule has 6 nitrogen and oxygen atoms in total. The Balaban J connectivity index is 2.09. The summed E-state index contributed by atoms with van der Waals surface area (Å²) in [7, 11) is 0. The number of nitrogens with one attached hydrogen (secondary N) is 3. The Morgan fingerprint density at radius 1 is 1.21 bits per heavy atom. The fraction of sp³-hybridized carbons (Fsp3) is 0.250. The van der Waals surface area contributed by atoms with Crippen molar-refractivity contribution in [1.82, 2.24) is 14.5 Å². The number of hydrogen-bond acceptors (Lipinski definition) is 2. The second-order valence-corrected chi connectivity index (χ2v) is 5.66. The monoisotopic (exact) mass is 334 g/mol. The molecule has 0 atom stereocenters. The van der Waals surface area contributed by atoms with Crippen LogP contribution in [0.2, 0.25) is 0 Å². The van der Waals surface area contributed by atoms with Gasteiger partial charge in [-0.05, 0) is 50.1 Å². The highest BCUT2D eigenvalue weighted by atomic mass is 19.3. The van der Waals surface area contributed by atoms with Gasteiger partial charge in [-0.25, -0.2) is 4.79 Å². The third kappa shape index (κ3) is 2.49. The zero-order valence-corrected chi connectivity index (χ0v) is 13.3. The van der Waals surface area contributed by atoms with Crippen molar-refractivity contribution in [3.8, 4) is 0 Å². The number of hydrogen-bond donors (Lipinski definition) is 3. The van der Waals surface area contributed by atoms with E-state index in [2.05, 4.69) is 15.3 Å². The van der Waals surface area contributed by atoms with Gasteiger partial charge in [0.1, 0.15) is 5.69 Å². The third-order valence-corrected chi connectivity index (χ3v) is 4.12. The molecule has 0 saturated heterocycles. The van der Waals surface area contributed by atoms with E-state index in [1.165, 1.54) is 19.1 Å². The topological polar surface area (TPSA) is 82.7 Å². The highest BCUT2D eigenvalue weighted by Crippen LogP contribution is 2.28. The minimum atomic E-state index is -2.81. The molecule has 1 aromatic carbocycles. The highest BCUT2D eigenvalue weighted by molar-refractivity contribution is 6.08. The molecule has 0 aliphatic heterocycles. The number of amides is 1. The minimum absolute atomic E-state index is 0.144. The number of carbonyl (C=O) groups excluding carboxylic acids is 1. The number of imidazole rings is 1. The van der Waals surface area contributed by atoms with Crippen LogP contribution >= 0.6 is 0 Å². The molecule has 0 fully saturated rings. The Morgan fingerprint density at radius 2 is 1.92 bits per heavy atom. The summed E-state index contributed by atoms with van der Waals surface area (Å²) in [5.74, 6) is -0.666. The summed E-state index contributed by atoms with van der Waals surface area (Å²) in [5, 5.41) is 2.65. The van der Waals surface area contributed by atoms with Crippen LogP contribution in [0.1, 0.15) is 33.9 Å². The lowest BCUT2D eigenvalue weighted by Crippen LogP contribution is -2.19. The van der Waals surface area contributed by atoms with E-state index in [4.69, 9.17) is 0 Å². The van der Waals surface area contributed by atoms with Crippen LogP contribution in [0.25, 0.3) is 11.0 Å².